The minimum Gasteiger partial charge on any atom is -0.306 e. The Morgan fingerprint density at radius 2 is 2.40 bits per heavy atom. The van der Waals surface area contributed by atoms with Crippen LogP contribution in [0.1, 0.15) is 38.9 Å². The Kier molecular flexibility index (Phi) is 2.78. The van der Waals surface area contributed by atoms with Crippen molar-refractivity contribution < 1.29 is 0 Å². The molecule has 1 saturated carbocycles. The summed E-state index contributed by atoms with van der Waals surface area (Å²) in [7, 11) is 1.90. The van der Waals surface area contributed by atoms with Gasteiger partial charge in [0.25, 0.3) is 0 Å². The number of rotatable bonds is 3. The summed E-state index contributed by atoms with van der Waals surface area (Å²) in [6.45, 7) is 5.46. The van der Waals surface area contributed by atoms with Crippen LogP contribution in [-0.4, -0.2) is 20.8 Å². The highest BCUT2D eigenvalue weighted by molar-refractivity contribution is 4.92. The first-order chi connectivity index (χ1) is 7.08. The Balaban J connectivity index is 1.88. The van der Waals surface area contributed by atoms with Crippen LogP contribution in [0.5, 0.6) is 0 Å². The van der Waals surface area contributed by atoms with Crippen LogP contribution in [0.3, 0.4) is 0 Å². The van der Waals surface area contributed by atoms with Crippen molar-refractivity contribution in [2.45, 2.75) is 45.7 Å². The van der Waals surface area contributed by atoms with E-state index >= 15 is 0 Å². The number of aryl methyl sites for hydroxylation is 1. The van der Waals surface area contributed by atoms with E-state index in [9.17, 15) is 0 Å². The number of nitrogens with zero attached hydrogens (tertiary/aromatic N) is 3. The predicted molar refractivity (Wildman–Crippen MR) is 59.3 cm³/mol. The van der Waals surface area contributed by atoms with Crippen molar-refractivity contribution in [1.82, 2.24) is 20.1 Å². The molecule has 0 amide bonds. The zero-order valence-corrected chi connectivity index (χ0v) is 9.82. The zero-order valence-electron chi connectivity index (χ0n) is 9.82. The SMILES string of the molecule is Cn1cnc(CNC2CCCC2(C)C)n1. The van der Waals surface area contributed by atoms with E-state index in [0.29, 0.717) is 11.5 Å². The summed E-state index contributed by atoms with van der Waals surface area (Å²) in [5.74, 6) is 0.889. The van der Waals surface area contributed by atoms with Crippen molar-refractivity contribution in [3.8, 4) is 0 Å². The molecule has 1 atom stereocenters. The predicted octanol–water partition coefficient (Wildman–Crippen LogP) is 1.48. The molecular formula is C11H20N4. The molecule has 1 fully saturated rings. The molecule has 0 bridgehead atoms. The van der Waals surface area contributed by atoms with Gasteiger partial charge in [0.05, 0.1) is 6.54 Å². The number of nitrogens with one attached hydrogen (secondary N) is 1. The Morgan fingerprint density at radius 3 is 2.93 bits per heavy atom. The van der Waals surface area contributed by atoms with Crippen molar-refractivity contribution in [2.75, 3.05) is 0 Å². The first-order valence-electron chi connectivity index (χ1n) is 5.66. The van der Waals surface area contributed by atoms with Crippen LogP contribution in [0.15, 0.2) is 6.33 Å². The largest absolute Gasteiger partial charge is 0.306 e. The number of hydrogen-bond acceptors (Lipinski definition) is 3. The minimum atomic E-state index is 0.425. The first-order valence-corrected chi connectivity index (χ1v) is 5.66. The molecule has 0 radical (unpaired) electrons. The first kappa shape index (κ1) is 10.6. The molecule has 0 aliphatic heterocycles. The Hall–Kier alpha value is -0.900. The standard InChI is InChI=1S/C11H20N4/c1-11(2)6-4-5-9(11)12-7-10-13-8-15(3)14-10/h8-9,12H,4-7H2,1-3H3. The molecule has 0 spiro atoms. The van der Waals surface area contributed by atoms with E-state index in [-0.39, 0.29) is 0 Å². The Bertz CT molecular complexity index is 329. The lowest BCUT2D eigenvalue weighted by Crippen LogP contribution is -2.37. The fraction of sp³-hybridized carbons (Fsp3) is 0.818. The summed E-state index contributed by atoms with van der Waals surface area (Å²) in [4.78, 5) is 4.21. The van der Waals surface area contributed by atoms with E-state index in [4.69, 9.17) is 0 Å². The fourth-order valence-corrected chi connectivity index (χ4v) is 2.38. The van der Waals surface area contributed by atoms with E-state index in [2.05, 4.69) is 29.2 Å². The molecular weight excluding hydrogens is 188 g/mol. The molecule has 1 N–H and O–H groups in total. The topological polar surface area (TPSA) is 42.7 Å². The van der Waals surface area contributed by atoms with Gasteiger partial charge in [-0.1, -0.05) is 20.3 Å². The molecule has 0 aromatic carbocycles. The van der Waals surface area contributed by atoms with Crippen molar-refractivity contribution >= 4 is 0 Å². The van der Waals surface area contributed by atoms with Gasteiger partial charge < -0.3 is 5.32 Å². The van der Waals surface area contributed by atoms with E-state index in [1.165, 1.54) is 19.3 Å². The highest BCUT2D eigenvalue weighted by atomic mass is 15.3. The Labute approximate surface area is 91.1 Å². The third-order valence-electron chi connectivity index (χ3n) is 3.41. The summed E-state index contributed by atoms with van der Waals surface area (Å²) in [6.07, 6.45) is 5.68. The minimum absolute atomic E-state index is 0.425. The van der Waals surface area contributed by atoms with Crippen LogP contribution < -0.4 is 5.32 Å². The van der Waals surface area contributed by atoms with Crippen LogP contribution in [0.4, 0.5) is 0 Å². The second-order valence-electron chi connectivity index (χ2n) is 5.15. The molecule has 2 rings (SSSR count). The van der Waals surface area contributed by atoms with Crippen LogP contribution in [0.25, 0.3) is 0 Å². The quantitative estimate of drug-likeness (QED) is 0.818. The monoisotopic (exact) mass is 208 g/mol. The van der Waals surface area contributed by atoms with Crippen LogP contribution in [0.2, 0.25) is 0 Å². The molecule has 1 aliphatic rings. The summed E-state index contributed by atoms with van der Waals surface area (Å²) in [5, 5.41) is 7.83. The highest BCUT2D eigenvalue weighted by Gasteiger charge is 2.33. The van der Waals surface area contributed by atoms with Gasteiger partial charge in [0.1, 0.15) is 6.33 Å². The van der Waals surface area contributed by atoms with E-state index in [1.54, 1.807) is 11.0 Å². The maximum atomic E-state index is 4.26. The molecule has 4 heteroatoms. The smallest absolute Gasteiger partial charge is 0.164 e. The lowest BCUT2D eigenvalue weighted by atomic mass is 9.87. The van der Waals surface area contributed by atoms with E-state index in [0.717, 1.165) is 12.4 Å². The van der Waals surface area contributed by atoms with Gasteiger partial charge in [-0.05, 0) is 18.3 Å². The van der Waals surface area contributed by atoms with Gasteiger partial charge in [0.2, 0.25) is 0 Å². The van der Waals surface area contributed by atoms with Gasteiger partial charge in [-0.25, -0.2) is 4.98 Å². The van der Waals surface area contributed by atoms with Crippen LogP contribution >= 0.6 is 0 Å². The van der Waals surface area contributed by atoms with Crippen molar-refractivity contribution in [1.29, 1.82) is 0 Å². The molecule has 84 valence electrons. The molecule has 1 aromatic rings. The summed E-state index contributed by atoms with van der Waals surface area (Å²) < 4.78 is 1.75. The average molecular weight is 208 g/mol. The number of aromatic nitrogens is 3. The summed E-state index contributed by atoms with van der Waals surface area (Å²) >= 11 is 0. The van der Waals surface area contributed by atoms with Gasteiger partial charge in [-0.15, -0.1) is 0 Å². The average Bonchev–Trinajstić information content (AvgIpc) is 2.69. The second kappa shape index (κ2) is 3.93. The molecule has 15 heavy (non-hydrogen) atoms. The molecule has 1 aliphatic carbocycles. The summed E-state index contributed by atoms with van der Waals surface area (Å²) in [6, 6.07) is 0.612. The molecule has 1 aromatic heterocycles. The third-order valence-corrected chi connectivity index (χ3v) is 3.41. The summed E-state index contributed by atoms with van der Waals surface area (Å²) in [5.41, 5.74) is 0.425. The van der Waals surface area contributed by atoms with Crippen LogP contribution in [0, 0.1) is 5.41 Å². The fourth-order valence-electron chi connectivity index (χ4n) is 2.38. The van der Waals surface area contributed by atoms with Gasteiger partial charge in [-0.3, -0.25) is 4.68 Å². The maximum Gasteiger partial charge on any atom is 0.164 e. The molecule has 4 nitrogen and oxygen atoms in total. The second-order valence-corrected chi connectivity index (χ2v) is 5.15. The lowest BCUT2D eigenvalue weighted by molar-refractivity contribution is 0.281. The van der Waals surface area contributed by atoms with Gasteiger partial charge in [-0.2, -0.15) is 5.10 Å². The van der Waals surface area contributed by atoms with Gasteiger partial charge >= 0.3 is 0 Å². The van der Waals surface area contributed by atoms with E-state index in [1.807, 2.05) is 7.05 Å². The van der Waals surface area contributed by atoms with Crippen molar-refractivity contribution in [3.63, 3.8) is 0 Å². The normalized spacial score (nSPS) is 24.6. The van der Waals surface area contributed by atoms with Crippen molar-refractivity contribution in [2.24, 2.45) is 12.5 Å². The Morgan fingerprint density at radius 1 is 1.60 bits per heavy atom. The number of hydrogen-bond donors (Lipinski definition) is 1. The highest BCUT2D eigenvalue weighted by Crippen LogP contribution is 2.37. The molecule has 1 unspecified atom stereocenters. The zero-order chi connectivity index (χ0) is 10.9. The maximum absolute atomic E-state index is 4.26. The molecule has 1 heterocycles. The van der Waals surface area contributed by atoms with Gasteiger partial charge in [0, 0.05) is 13.1 Å². The third kappa shape index (κ3) is 2.37. The van der Waals surface area contributed by atoms with Gasteiger partial charge in [0.15, 0.2) is 5.82 Å². The van der Waals surface area contributed by atoms with E-state index < -0.39 is 0 Å². The van der Waals surface area contributed by atoms with Crippen molar-refractivity contribution in [3.05, 3.63) is 12.2 Å². The van der Waals surface area contributed by atoms with Crippen LogP contribution in [-0.2, 0) is 13.6 Å². The molecule has 0 saturated heterocycles. The lowest BCUT2D eigenvalue weighted by Gasteiger charge is -2.27.